The van der Waals surface area contributed by atoms with Gasteiger partial charge < -0.3 is 0 Å². The van der Waals surface area contributed by atoms with Gasteiger partial charge in [-0.25, -0.2) is 4.39 Å². The maximum atomic E-state index is 13.6. The first kappa shape index (κ1) is 16.5. The zero-order valence-corrected chi connectivity index (χ0v) is 13.2. The first-order valence-corrected chi connectivity index (χ1v) is 7.90. The highest BCUT2D eigenvalue weighted by molar-refractivity contribution is 6.20. The molecule has 1 rings (SSSR count). The summed E-state index contributed by atoms with van der Waals surface area (Å²) in [7, 11) is 0. The molecule has 0 amide bonds. The van der Waals surface area contributed by atoms with Crippen molar-refractivity contribution in [3.63, 3.8) is 0 Å². The summed E-state index contributed by atoms with van der Waals surface area (Å²) in [4.78, 5) is 0. The van der Waals surface area contributed by atoms with E-state index in [-0.39, 0.29) is 11.2 Å². The summed E-state index contributed by atoms with van der Waals surface area (Å²) < 4.78 is 13.6. The van der Waals surface area contributed by atoms with Crippen molar-refractivity contribution in [1.29, 1.82) is 0 Å². The van der Waals surface area contributed by atoms with Gasteiger partial charge in [0.2, 0.25) is 0 Å². The highest BCUT2D eigenvalue weighted by Gasteiger charge is 2.11. The Balaban J connectivity index is 2.39. The maximum absolute atomic E-state index is 13.6. The minimum absolute atomic E-state index is 0.0178. The van der Waals surface area contributed by atoms with Crippen LogP contribution >= 0.6 is 11.6 Å². The second kappa shape index (κ2) is 8.58. The predicted molar refractivity (Wildman–Crippen MR) is 82.5 cm³/mol. The molecule has 0 aliphatic heterocycles. The van der Waals surface area contributed by atoms with Gasteiger partial charge in [0.1, 0.15) is 5.82 Å². The third kappa shape index (κ3) is 5.52. The van der Waals surface area contributed by atoms with Crippen LogP contribution in [-0.4, -0.2) is 0 Å². The first-order valence-electron chi connectivity index (χ1n) is 7.47. The second-order valence-corrected chi connectivity index (χ2v) is 6.02. The molecule has 0 aromatic heterocycles. The fourth-order valence-electron chi connectivity index (χ4n) is 2.43. The lowest BCUT2D eigenvalue weighted by atomic mass is 10.00. The largest absolute Gasteiger partial charge is 0.206 e. The van der Waals surface area contributed by atoms with Crippen LogP contribution in [0.15, 0.2) is 12.1 Å². The minimum Gasteiger partial charge on any atom is -0.206 e. The monoisotopic (exact) mass is 284 g/mol. The molecule has 0 aliphatic carbocycles. The van der Waals surface area contributed by atoms with Crippen molar-refractivity contribution in [3.8, 4) is 0 Å². The molecule has 0 saturated heterocycles. The van der Waals surface area contributed by atoms with E-state index in [2.05, 4.69) is 6.92 Å². The molecule has 2 heteroatoms. The Morgan fingerprint density at radius 3 is 2.11 bits per heavy atom. The molecule has 0 bridgehead atoms. The van der Waals surface area contributed by atoms with E-state index < -0.39 is 0 Å². The second-order valence-electron chi connectivity index (χ2n) is 5.49. The smallest absolute Gasteiger partial charge is 0.129 e. The quantitative estimate of drug-likeness (QED) is 0.379. The van der Waals surface area contributed by atoms with E-state index in [4.69, 9.17) is 11.6 Å². The molecule has 1 unspecified atom stereocenters. The number of halogens is 2. The Kier molecular flexibility index (Phi) is 7.45. The van der Waals surface area contributed by atoms with Crippen LogP contribution in [0, 0.1) is 19.7 Å². The molecule has 0 saturated carbocycles. The number of unbranched alkanes of at least 4 members (excludes halogenated alkanes) is 5. The maximum Gasteiger partial charge on any atom is 0.129 e. The molecular formula is C17H26ClF. The van der Waals surface area contributed by atoms with Crippen molar-refractivity contribution in [2.75, 3.05) is 0 Å². The minimum atomic E-state index is -0.104. The van der Waals surface area contributed by atoms with E-state index in [0.29, 0.717) is 11.1 Å². The molecule has 1 aromatic carbocycles. The van der Waals surface area contributed by atoms with Gasteiger partial charge >= 0.3 is 0 Å². The number of aryl methyl sites for hydroxylation is 2. The third-order valence-corrected chi connectivity index (χ3v) is 4.10. The van der Waals surface area contributed by atoms with Crippen molar-refractivity contribution >= 4 is 11.6 Å². The third-order valence-electron chi connectivity index (χ3n) is 3.63. The zero-order valence-electron chi connectivity index (χ0n) is 12.4. The Morgan fingerprint density at radius 1 is 1.00 bits per heavy atom. The Bertz CT molecular complexity index is 364. The SMILES string of the molecule is CCCCCCCCC(Cl)c1cc(C)c(F)c(C)c1. The summed E-state index contributed by atoms with van der Waals surface area (Å²) in [6.45, 7) is 5.84. The van der Waals surface area contributed by atoms with Crippen LogP contribution in [-0.2, 0) is 0 Å². The van der Waals surface area contributed by atoms with E-state index in [1.165, 1.54) is 32.1 Å². The molecule has 0 heterocycles. The Hall–Kier alpha value is -0.560. The molecule has 1 aromatic rings. The summed E-state index contributed by atoms with van der Waals surface area (Å²) in [6, 6.07) is 3.77. The number of rotatable bonds is 8. The normalized spacial score (nSPS) is 12.7. The van der Waals surface area contributed by atoms with Crippen molar-refractivity contribution < 1.29 is 4.39 Å². The number of hydrogen-bond acceptors (Lipinski definition) is 0. The molecule has 0 aliphatic rings. The lowest BCUT2D eigenvalue weighted by molar-refractivity contribution is 0.582. The van der Waals surface area contributed by atoms with Gasteiger partial charge in [0.25, 0.3) is 0 Å². The van der Waals surface area contributed by atoms with E-state index in [0.717, 1.165) is 18.4 Å². The van der Waals surface area contributed by atoms with E-state index >= 15 is 0 Å². The molecule has 0 radical (unpaired) electrons. The summed E-state index contributed by atoms with van der Waals surface area (Å²) in [5.74, 6) is -0.104. The fraction of sp³-hybridized carbons (Fsp3) is 0.647. The van der Waals surface area contributed by atoms with E-state index in [1.807, 2.05) is 12.1 Å². The number of hydrogen-bond donors (Lipinski definition) is 0. The highest BCUT2D eigenvalue weighted by Crippen LogP contribution is 2.29. The fourth-order valence-corrected chi connectivity index (χ4v) is 2.71. The number of benzene rings is 1. The van der Waals surface area contributed by atoms with Crippen LogP contribution in [0.1, 0.15) is 73.9 Å². The lowest BCUT2D eigenvalue weighted by Gasteiger charge is -2.12. The molecular weight excluding hydrogens is 259 g/mol. The molecule has 19 heavy (non-hydrogen) atoms. The van der Waals surface area contributed by atoms with Crippen molar-refractivity contribution in [1.82, 2.24) is 0 Å². The Morgan fingerprint density at radius 2 is 1.53 bits per heavy atom. The topological polar surface area (TPSA) is 0 Å². The van der Waals surface area contributed by atoms with Crippen LogP contribution in [0.25, 0.3) is 0 Å². The molecule has 0 fully saturated rings. The van der Waals surface area contributed by atoms with Crippen LogP contribution in [0.2, 0.25) is 0 Å². The van der Waals surface area contributed by atoms with Crippen LogP contribution in [0.4, 0.5) is 4.39 Å². The molecule has 0 N–H and O–H groups in total. The van der Waals surface area contributed by atoms with Gasteiger partial charge in [-0.1, -0.05) is 57.6 Å². The van der Waals surface area contributed by atoms with Gasteiger partial charge in [-0.05, 0) is 37.0 Å². The molecule has 108 valence electrons. The van der Waals surface area contributed by atoms with Crippen molar-refractivity contribution in [2.24, 2.45) is 0 Å². The molecule has 1 atom stereocenters. The average Bonchev–Trinajstić information content (AvgIpc) is 2.39. The van der Waals surface area contributed by atoms with Gasteiger partial charge in [0.15, 0.2) is 0 Å². The summed E-state index contributed by atoms with van der Waals surface area (Å²) in [6.07, 6.45) is 8.65. The first-order chi connectivity index (χ1) is 9.06. The van der Waals surface area contributed by atoms with Crippen LogP contribution in [0.5, 0.6) is 0 Å². The Labute approximate surface area is 122 Å². The molecule has 0 nitrogen and oxygen atoms in total. The van der Waals surface area contributed by atoms with Crippen molar-refractivity contribution in [3.05, 3.63) is 34.6 Å². The summed E-state index contributed by atoms with van der Waals surface area (Å²) in [5, 5.41) is 0.0178. The summed E-state index contributed by atoms with van der Waals surface area (Å²) in [5.41, 5.74) is 2.46. The van der Waals surface area contributed by atoms with Crippen LogP contribution in [0.3, 0.4) is 0 Å². The van der Waals surface area contributed by atoms with Gasteiger partial charge in [0, 0.05) is 0 Å². The predicted octanol–water partition coefficient (Wildman–Crippen LogP) is 6.47. The zero-order chi connectivity index (χ0) is 14.3. The van der Waals surface area contributed by atoms with Gasteiger partial charge in [-0.2, -0.15) is 0 Å². The highest BCUT2D eigenvalue weighted by atomic mass is 35.5. The van der Waals surface area contributed by atoms with Gasteiger partial charge in [-0.3, -0.25) is 0 Å². The van der Waals surface area contributed by atoms with Gasteiger partial charge in [-0.15, -0.1) is 11.6 Å². The van der Waals surface area contributed by atoms with Crippen LogP contribution < -0.4 is 0 Å². The van der Waals surface area contributed by atoms with E-state index in [9.17, 15) is 4.39 Å². The molecule has 0 spiro atoms. The lowest BCUT2D eigenvalue weighted by Crippen LogP contribution is -1.96. The van der Waals surface area contributed by atoms with Gasteiger partial charge in [0.05, 0.1) is 5.38 Å². The number of alkyl halides is 1. The standard InChI is InChI=1S/C17H26ClF/c1-4-5-6-7-8-9-10-16(18)15-11-13(2)17(19)14(3)12-15/h11-12,16H,4-10H2,1-3H3. The summed E-state index contributed by atoms with van der Waals surface area (Å²) >= 11 is 6.42. The average molecular weight is 285 g/mol. The van der Waals surface area contributed by atoms with Crippen molar-refractivity contribution in [2.45, 2.75) is 71.1 Å². The van der Waals surface area contributed by atoms with E-state index in [1.54, 1.807) is 13.8 Å².